The maximum absolute atomic E-state index is 11.8. The fourth-order valence-corrected chi connectivity index (χ4v) is 3.50. The monoisotopic (exact) mass is 292 g/mol. The van der Waals surface area contributed by atoms with E-state index in [1.54, 1.807) is 0 Å². The van der Waals surface area contributed by atoms with E-state index in [2.05, 4.69) is 10.0 Å². The van der Waals surface area contributed by atoms with E-state index >= 15 is 0 Å². The minimum absolute atomic E-state index is 0.0658. The average Bonchev–Trinajstić information content (AvgIpc) is 2.63. The number of alkyl halides is 3. The first-order valence-corrected chi connectivity index (χ1v) is 7.84. The fraction of sp³-hybridized carbons (Fsp3) is 1.00. The summed E-state index contributed by atoms with van der Waals surface area (Å²) in [5.41, 5.74) is -4.31. The molecule has 0 aromatic heterocycles. The van der Waals surface area contributed by atoms with Gasteiger partial charge in [-0.05, 0) is 31.1 Å². The van der Waals surface area contributed by atoms with Crippen molar-refractivity contribution in [3.63, 3.8) is 0 Å². The number of sulfonamides is 1. The second-order valence-corrected chi connectivity index (χ2v) is 6.77. The highest BCUT2D eigenvalue weighted by molar-refractivity contribution is 8.00. The van der Waals surface area contributed by atoms with Crippen molar-refractivity contribution in [2.24, 2.45) is 0 Å². The lowest BCUT2D eigenvalue weighted by Gasteiger charge is -2.12. The molecule has 0 bridgehead atoms. The van der Waals surface area contributed by atoms with E-state index in [0.717, 1.165) is 19.4 Å². The van der Waals surface area contributed by atoms with Gasteiger partial charge in [0.15, 0.2) is 0 Å². The largest absolute Gasteiger partial charge is 0.441 e. The van der Waals surface area contributed by atoms with E-state index in [9.17, 15) is 21.6 Å². The minimum Gasteiger partial charge on any atom is -0.313 e. The predicted molar refractivity (Wildman–Crippen MR) is 61.3 cm³/mol. The van der Waals surface area contributed by atoms with E-state index in [-0.39, 0.29) is 35.9 Å². The molecule has 1 rings (SSSR count). The molecule has 0 aliphatic carbocycles. The van der Waals surface area contributed by atoms with Gasteiger partial charge in [0.25, 0.3) is 0 Å². The molecule has 1 heterocycles. The normalized spacial score (nSPS) is 21.9. The van der Waals surface area contributed by atoms with Gasteiger partial charge in [0, 0.05) is 18.3 Å². The summed E-state index contributed by atoms with van der Waals surface area (Å²) in [6.07, 6.45) is 1.72. The average molecular weight is 292 g/mol. The SMILES string of the molecule is O=S(=O)(CC1CCCN1)NCCSC(F)(F)F. The van der Waals surface area contributed by atoms with Crippen molar-refractivity contribution in [3.8, 4) is 0 Å². The van der Waals surface area contributed by atoms with Crippen molar-refractivity contribution in [1.82, 2.24) is 10.0 Å². The van der Waals surface area contributed by atoms with Gasteiger partial charge >= 0.3 is 5.51 Å². The molecule has 1 saturated heterocycles. The fourth-order valence-electron chi connectivity index (χ4n) is 1.59. The van der Waals surface area contributed by atoms with Crippen LogP contribution in [0.4, 0.5) is 13.2 Å². The summed E-state index contributed by atoms with van der Waals surface area (Å²) in [5, 5.41) is 3.02. The molecule has 4 nitrogen and oxygen atoms in total. The van der Waals surface area contributed by atoms with E-state index < -0.39 is 15.5 Å². The first-order chi connectivity index (χ1) is 7.79. The number of rotatable bonds is 6. The Bertz CT molecular complexity index is 326. The zero-order valence-corrected chi connectivity index (χ0v) is 10.7. The summed E-state index contributed by atoms with van der Waals surface area (Å²) < 4.78 is 60.4. The third kappa shape index (κ3) is 7.12. The van der Waals surface area contributed by atoms with Crippen LogP contribution in [0.2, 0.25) is 0 Å². The van der Waals surface area contributed by atoms with Crippen LogP contribution in [0, 0.1) is 0 Å². The zero-order chi connectivity index (χ0) is 12.9. The minimum atomic E-state index is -4.31. The molecule has 0 saturated carbocycles. The lowest BCUT2D eigenvalue weighted by molar-refractivity contribution is -0.0327. The Hall–Kier alpha value is 0.01000. The van der Waals surface area contributed by atoms with Gasteiger partial charge in [0.05, 0.1) is 5.75 Å². The number of hydrogen-bond acceptors (Lipinski definition) is 4. The van der Waals surface area contributed by atoms with Gasteiger partial charge in [0.1, 0.15) is 0 Å². The summed E-state index contributed by atoms with van der Waals surface area (Å²) in [6.45, 7) is 0.601. The predicted octanol–water partition coefficient (Wildman–Crippen LogP) is 0.911. The lowest BCUT2D eigenvalue weighted by Crippen LogP contribution is -2.37. The Morgan fingerprint density at radius 3 is 2.65 bits per heavy atom. The van der Waals surface area contributed by atoms with Crippen molar-refractivity contribution in [1.29, 1.82) is 0 Å². The van der Waals surface area contributed by atoms with Crippen LogP contribution in [0.3, 0.4) is 0 Å². The second-order valence-electron chi connectivity index (χ2n) is 3.76. The van der Waals surface area contributed by atoms with E-state index in [0.29, 0.717) is 0 Å². The Kier molecular flexibility index (Phi) is 5.55. The molecule has 1 aliphatic heterocycles. The number of hydrogen-bond donors (Lipinski definition) is 2. The highest BCUT2D eigenvalue weighted by atomic mass is 32.2. The highest BCUT2D eigenvalue weighted by Gasteiger charge is 2.28. The molecule has 1 unspecified atom stereocenters. The Labute approximate surface area is 103 Å². The third-order valence-electron chi connectivity index (χ3n) is 2.27. The van der Waals surface area contributed by atoms with Gasteiger partial charge in [-0.3, -0.25) is 0 Å². The van der Waals surface area contributed by atoms with Crippen LogP contribution in [-0.2, 0) is 10.0 Å². The van der Waals surface area contributed by atoms with Crippen LogP contribution in [0.25, 0.3) is 0 Å². The van der Waals surface area contributed by atoms with Gasteiger partial charge in [0.2, 0.25) is 10.0 Å². The Morgan fingerprint density at radius 2 is 2.12 bits per heavy atom. The first kappa shape index (κ1) is 15.1. The van der Waals surface area contributed by atoms with Gasteiger partial charge in [-0.25, -0.2) is 13.1 Å². The molecule has 0 spiro atoms. The summed E-state index contributed by atoms with van der Waals surface area (Å²) in [6, 6.07) is -0.0808. The maximum atomic E-state index is 11.8. The van der Waals surface area contributed by atoms with E-state index in [4.69, 9.17) is 0 Å². The molecule has 102 valence electrons. The molecule has 0 aromatic carbocycles. The van der Waals surface area contributed by atoms with Gasteiger partial charge < -0.3 is 5.32 Å². The van der Waals surface area contributed by atoms with Crippen molar-refractivity contribution < 1.29 is 21.6 Å². The molecule has 17 heavy (non-hydrogen) atoms. The number of nitrogens with one attached hydrogen (secondary N) is 2. The van der Waals surface area contributed by atoms with E-state index in [1.165, 1.54) is 0 Å². The van der Waals surface area contributed by atoms with Crippen molar-refractivity contribution in [2.45, 2.75) is 24.4 Å². The molecule has 2 N–H and O–H groups in total. The maximum Gasteiger partial charge on any atom is 0.441 e. The molecule has 0 aromatic rings. The van der Waals surface area contributed by atoms with Crippen molar-refractivity contribution in [2.75, 3.05) is 24.6 Å². The second kappa shape index (κ2) is 6.26. The quantitative estimate of drug-likeness (QED) is 0.715. The summed E-state index contributed by atoms with van der Waals surface area (Å²) in [7, 11) is -3.48. The topological polar surface area (TPSA) is 58.2 Å². The molecule has 9 heteroatoms. The standard InChI is InChI=1S/C8H15F3N2O2S2/c9-8(10,11)16-5-4-13-17(14,15)6-7-2-1-3-12-7/h7,12-13H,1-6H2. The third-order valence-corrected chi connectivity index (χ3v) is 4.49. The first-order valence-electron chi connectivity index (χ1n) is 5.20. The van der Waals surface area contributed by atoms with E-state index in [1.807, 2.05) is 0 Å². The van der Waals surface area contributed by atoms with Gasteiger partial charge in [-0.15, -0.1) is 0 Å². The van der Waals surface area contributed by atoms with Gasteiger partial charge in [-0.1, -0.05) is 0 Å². The van der Waals surface area contributed by atoms with Crippen LogP contribution in [0.1, 0.15) is 12.8 Å². The zero-order valence-electron chi connectivity index (χ0n) is 9.09. The van der Waals surface area contributed by atoms with Crippen LogP contribution < -0.4 is 10.0 Å². The summed E-state index contributed by atoms with van der Waals surface area (Å²) in [4.78, 5) is 0. The van der Waals surface area contributed by atoms with Gasteiger partial charge in [-0.2, -0.15) is 13.2 Å². The molecular weight excluding hydrogens is 277 g/mol. The van der Waals surface area contributed by atoms with Crippen LogP contribution in [-0.4, -0.2) is 44.6 Å². The lowest BCUT2D eigenvalue weighted by atomic mass is 10.3. The molecular formula is C8H15F3N2O2S2. The van der Waals surface area contributed by atoms with Crippen LogP contribution in [0.5, 0.6) is 0 Å². The van der Waals surface area contributed by atoms with Crippen molar-refractivity contribution in [3.05, 3.63) is 0 Å². The Morgan fingerprint density at radius 1 is 1.41 bits per heavy atom. The summed E-state index contributed by atoms with van der Waals surface area (Å²) in [5.74, 6) is -0.371. The van der Waals surface area contributed by atoms with Crippen molar-refractivity contribution >= 4 is 21.8 Å². The molecule has 0 amide bonds. The molecule has 0 radical (unpaired) electrons. The molecule has 1 aliphatic rings. The van der Waals surface area contributed by atoms with Crippen LogP contribution >= 0.6 is 11.8 Å². The highest BCUT2D eigenvalue weighted by Crippen LogP contribution is 2.29. The molecule has 1 fully saturated rings. The van der Waals surface area contributed by atoms with Crippen LogP contribution in [0.15, 0.2) is 0 Å². The Balaban J connectivity index is 2.20. The smallest absolute Gasteiger partial charge is 0.313 e. The number of halogens is 3. The molecule has 1 atom stereocenters. The summed E-state index contributed by atoms with van der Waals surface area (Å²) >= 11 is -0.226. The number of thioether (sulfide) groups is 1.